The van der Waals surface area contributed by atoms with Gasteiger partial charge in [0.15, 0.2) is 5.11 Å². The molecule has 0 unspecified atom stereocenters. The Labute approximate surface area is 152 Å². The number of likely N-dealkylation sites (N-methyl/N-ethyl adjacent to an activating group) is 2. The molecule has 0 radical (unpaired) electrons. The number of thiocarbonyl (C=S) groups is 1. The smallest absolute Gasteiger partial charge is 0.265 e. The van der Waals surface area contributed by atoms with Gasteiger partial charge >= 0.3 is 0 Å². The first kappa shape index (κ1) is 16.6. The molecule has 1 aliphatic heterocycles. The molecule has 0 aliphatic carbocycles. The Morgan fingerprint density at radius 1 is 1.08 bits per heavy atom. The third-order valence-electron chi connectivity index (χ3n) is 3.67. The molecule has 0 bridgehead atoms. The van der Waals surface area contributed by atoms with E-state index in [1.165, 1.54) is 30.0 Å². The summed E-state index contributed by atoms with van der Waals surface area (Å²) in [6.07, 6.45) is 1.45. The molecule has 1 saturated heterocycles. The van der Waals surface area contributed by atoms with Crippen LogP contribution in [-0.2, 0) is 9.59 Å². The van der Waals surface area contributed by atoms with Crippen molar-refractivity contribution in [3.05, 3.63) is 52.2 Å². The number of hydrogen-bond donors (Lipinski definition) is 0. The standard InChI is InChI=1S/C17H13BrN2O3S/c1-19-15(21)13(16(22)20(2)17(19)24)9-12-6-7-14(23-12)10-4-3-5-11(18)8-10/h3-9H,1-2H3. The van der Waals surface area contributed by atoms with Gasteiger partial charge < -0.3 is 4.42 Å². The lowest BCUT2D eigenvalue weighted by atomic mass is 10.1. The molecule has 1 fully saturated rings. The minimum absolute atomic E-state index is 0.0174. The van der Waals surface area contributed by atoms with Gasteiger partial charge in [-0.3, -0.25) is 19.4 Å². The predicted octanol–water partition coefficient (Wildman–Crippen LogP) is 3.31. The molecule has 24 heavy (non-hydrogen) atoms. The van der Waals surface area contributed by atoms with Crippen molar-refractivity contribution in [2.45, 2.75) is 0 Å². The molecule has 2 aromatic rings. The van der Waals surface area contributed by atoms with Gasteiger partial charge in [-0.2, -0.15) is 0 Å². The van der Waals surface area contributed by atoms with Crippen molar-refractivity contribution in [2.24, 2.45) is 0 Å². The van der Waals surface area contributed by atoms with Crippen LogP contribution in [0.5, 0.6) is 0 Å². The Morgan fingerprint density at radius 3 is 2.38 bits per heavy atom. The van der Waals surface area contributed by atoms with Crippen LogP contribution in [0.3, 0.4) is 0 Å². The quantitative estimate of drug-likeness (QED) is 0.437. The van der Waals surface area contributed by atoms with E-state index in [1.54, 1.807) is 12.1 Å². The highest BCUT2D eigenvalue weighted by atomic mass is 79.9. The van der Waals surface area contributed by atoms with Crippen LogP contribution in [-0.4, -0.2) is 40.8 Å². The van der Waals surface area contributed by atoms with Crippen molar-refractivity contribution in [1.29, 1.82) is 0 Å². The number of carbonyl (C=O) groups is 2. The molecule has 1 aromatic carbocycles. The average Bonchev–Trinajstić information content (AvgIpc) is 3.04. The summed E-state index contributed by atoms with van der Waals surface area (Å²) in [5.74, 6) is 0.194. The maximum atomic E-state index is 12.3. The Kier molecular flexibility index (Phi) is 4.38. The van der Waals surface area contributed by atoms with Gasteiger partial charge in [-0.1, -0.05) is 28.1 Å². The SMILES string of the molecule is CN1C(=O)C(=Cc2ccc(-c3cccc(Br)c3)o2)C(=O)N(C)C1=S. The van der Waals surface area contributed by atoms with Crippen molar-refractivity contribution in [1.82, 2.24) is 9.80 Å². The zero-order chi connectivity index (χ0) is 17.4. The lowest BCUT2D eigenvalue weighted by Crippen LogP contribution is -2.52. The van der Waals surface area contributed by atoms with Gasteiger partial charge in [0.05, 0.1) is 0 Å². The summed E-state index contributed by atoms with van der Waals surface area (Å²) in [4.78, 5) is 27.1. The number of furan rings is 1. The first-order valence-electron chi connectivity index (χ1n) is 7.06. The molecule has 5 nitrogen and oxygen atoms in total. The van der Waals surface area contributed by atoms with Crippen LogP contribution in [0.1, 0.15) is 5.76 Å². The van der Waals surface area contributed by atoms with E-state index in [1.807, 2.05) is 24.3 Å². The van der Waals surface area contributed by atoms with Gasteiger partial charge in [0.2, 0.25) is 0 Å². The summed E-state index contributed by atoms with van der Waals surface area (Å²) in [6, 6.07) is 11.2. The first-order valence-corrected chi connectivity index (χ1v) is 8.26. The first-order chi connectivity index (χ1) is 11.4. The van der Waals surface area contributed by atoms with Crippen molar-refractivity contribution >= 4 is 51.2 Å². The van der Waals surface area contributed by atoms with E-state index in [2.05, 4.69) is 15.9 Å². The zero-order valence-corrected chi connectivity index (χ0v) is 15.3. The molecule has 3 rings (SSSR count). The van der Waals surface area contributed by atoms with E-state index in [-0.39, 0.29) is 10.7 Å². The van der Waals surface area contributed by atoms with E-state index in [0.29, 0.717) is 11.5 Å². The maximum Gasteiger partial charge on any atom is 0.265 e. The van der Waals surface area contributed by atoms with Gasteiger partial charge in [-0.15, -0.1) is 0 Å². The minimum atomic E-state index is -0.441. The summed E-state index contributed by atoms with van der Waals surface area (Å²) < 4.78 is 6.69. The van der Waals surface area contributed by atoms with Crippen LogP contribution < -0.4 is 0 Å². The third-order valence-corrected chi connectivity index (χ3v) is 4.71. The fourth-order valence-electron chi connectivity index (χ4n) is 2.34. The number of carbonyl (C=O) groups excluding carboxylic acids is 2. The molecule has 1 aromatic heterocycles. The van der Waals surface area contributed by atoms with Crippen molar-refractivity contribution in [3.8, 4) is 11.3 Å². The van der Waals surface area contributed by atoms with Crippen molar-refractivity contribution in [2.75, 3.05) is 14.1 Å². The largest absolute Gasteiger partial charge is 0.457 e. The normalized spacial score (nSPS) is 15.3. The Morgan fingerprint density at radius 2 is 1.75 bits per heavy atom. The van der Waals surface area contributed by atoms with Crippen LogP contribution >= 0.6 is 28.1 Å². The number of halogens is 1. The fraction of sp³-hybridized carbons (Fsp3) is 0.118. The molecule has 0 N–H and O–H groups in total. The van der Waals surface area contributed by atoms with Gasteiger partial charge in [0, 0.05) is 24.1 Å². The van der Waals surface area contributed by atoms with Crippen LogP contribution in [0.15, 0.2) is 50.9 Å². The Balaban J connectivity index is 1.96. The molecule has 2 heterocycles. The lowest BCUT2D eigenvalue weighted by molar-refractivity contribution is -0.132. The molecule has 2 amide bonds. The number of nitrogens with zero attached hydrogens (tertiary/aromatic N) is 2. The molecule has 0 saturated carbocycles. The van der Waals surface area contributed by atoms with E-state index < -0.39 is 11.8 Å². The topological polar surface area (TPSA) is 53.8 Å². The highest BCUT2D eigenvalue weighted by Crippen LogP contribution is 2.26. The number of rotatable bonds is 2. The van der Waals surface area contributed by atoms with Gasteiger partial charge in [0.25, 0.3) is 11.8 Å². The van der Waals surface area contributed by atoms with Gasteiger partial charge in [-0.25, -0.2) is 0 Å². The molecular formula is C17H13BrN2O3S. The van der Waals surface area contributed by atoms with Crippen LogP contribution in [0, 0.1) is 0 Å². The summed E-state index contributed by atoms with van der Waals surface area (Å²) >= 11 is 8.47. The molecule has 1 aliphatic rings. The maximum absolute atomic E-state index is 12.3. The van der Waals surface area contributed by atoms with Crippen LogP contribution in [0.4, 0.5) is 0 Å². The highest BCUT2D eigenvalue weighted by molar-refractivity contribution is 9.10. The zero-order valence-electron chi connectivity index (χ0n) is 12.9. The van der Waals surface area contributed by atoms with E-state index in [4.69, 9.17) is 16.6 Å². The second kappa shape index (κ2) is 6.33. The highest BCUT2D eigenvalue weighted by Gasteiger charge is 2.35. The molecular weight excluding hydrogens is 392 g/mol. The fourth-order valence-corrected chi connectivity index (χ4v) is 2.91. The van der Waals surface area contributed by atoms with Crippen LogP contribution in [0.25, 0.3) is 17.4 Å². The monoisotopic (exact) mass is 404 g/mol. The summed E-state index contributed by atoms with van der Waals surface area (Å²) in [5.41, 5.74) is 0.912. The molecule has 7 heteroatoms. The Bertz CT molecular complexity index is 861. The summed E-state index contributed by atoms with van der Waals surface area (Å²) in [6.45, 7) is 0. The van der Waals surface area contributed by atoms with E-state index in [9.17, 15) is 9.59 Å². The van der Waals surface area contributed by atoms with Crippen molar-refractivity contribution < 1.29 is 14.0 Å². The second-order valence-electron chi connectivity index (χ2n) is 5.28. The third kappa shape index (κ3) is 2.92. The van der Waals surface area contributed by atoms with Crippen LogP contribution in [0.2, 0.25) is 0 Å². The number of hydrogen-bond acceptors (Lipinski definition) is 4. The molecule has 0 spiro atoms. The summed E-state index contributed by atoms with van der Waals surface area (Å²) in [7, 11) is 3.08. The van der Waals surface area contributed by atoms with E-state index in [0.717, 1.165) is 10.0 Å². The van der Waals surface area contributed by atoms with Crippen molar-refractivity contribution in [3.63, 3.8) is 0 Å². The molecule has 0 atom stereocenters. The lowest BCUT2D eigenvalue weighted by Gasteiger charge is -2.31. The average molecular weight is 405 g/mol. The number of benzene rings is 1. The van der Waals surface area contributed by atoms with E-state index >= 15 is 0 Å². The van der Waals surface area contributed by atoms with Gasteiger partial charge in [-0.05, 0) is 42.6 Å². The summed E-state index contributed by atoms with van der Waals surface area (Å²) in [5, 5.41) is 0.177. The minimum Gasteiger partial charge on any atom is -0.457 e. The predicted molar refractivity (Wildman–Crippen MR) is 98.0 cm³/mol. The van der Waals surface area contributed by atoms with Gasteiger partial charge in [0.1, 0.15) is 17.1 Å². The molecule has 122 valence electrons. The second-order valence-corrected chi connectivity index (χ2v) is 6.56. The Hall–Kier alpha value is -2.25. The number of amides is 2.